The van der Waals surface area contributed by atoms with Crippen LogP contribution in [-0.4, -0.2) is 36.1 Å². The van der Waals surface area contributed by atoms with Crippen molar-refractivity contribution in [3.8, 4) is 0 Å². The van der Waals surface area contributed by atoms with Gasteiger partial charge in [-0.2, -0.15) is 0 Å². The molecule has 108 valence electrons. The quantitative estimate of drug-likeness (QED) is 0.754. The Labute approximate surface area is 118 Å². The molecule has 1 fully saturated rings. The molecule has 0 bridgehead atoms. The van der Waals surface area contributed by atoms with Gasteiger partial charge in [0.25, 0.3) is 0 Å². The van der Waals surface area contributed by atoms with Gasteiger partial charge in [0.2, 0.25) is 5.91 Å². The van der Waals surface area contributed by atoms with E-state index in [-0.39, 0.29) is 17.5 Å². The van der Waals surface area contributed by atoms with Crippen molar-refractivity contribution >= 4 is 11.9 Å². The molecule has 0 aliphatic carbocycles. The first-order valence-corrected chi connectivity index (χ1v) is 7.00. The van der Waals surface area contributed by atoms with Crippen molar-refractivity contribution in [2.75, 3.05) is 13.1 Å². The lowest BCUT2D eigenvalue weighted by Crippen LogP contribution is -2.47. The molecule has 0 spiro atoms. The Hall–Kier alpha value is -1.88. The summed E-state index contributed by atoms with van der Waals surface area (Å²) in [6.07, 6.45) is 3.85. The molecule has 0 aromatic heterocycles. The monoisotopic (exact) mass is 276 g/mol. The van der Waals surface area contributed by atoms with E-state index in [2.05, 4.69) is 10.6 Å². The number of hydrogen-bond donors (Lipinski definition) is 3. The Bertz CT molecular complexity index is 465. The van der Waals surface area contributed by atoms with Crippen LogP contribution in [0.3, 0.4) is 0 Å². The minimum Gasteiger partial charge on any atom is -0.478 e. The molecule has 0 saturated carbocycles. The van der Waals surface area contributed by atoms with Gasteiger partial charge in [0.05, 0.1) is 11.6 Å². The fraction of sp³-hybridized carbons (Fsp3) is 0.467. The molecule has 1 aliphatic heterocycles. The Kier molecular flexibility index (Phi) is 5.12. The summed E-state index contributed by atoms with van der Waals surface area (Å²) in [7, 11) is 0. The summed E-state index contributed by atoms with van der Waals surface area (Å²) in [6.45, 7) is 1.48. The lowest BCUT2D eigenvalue weighted by atomic mass is 10.0. The number of carbonyl (C=O) groups is 2. The largest absolute Gasteiger partial charge is 0.478 e. The van der Waals surface area contributed by atoms with E-state index in [0.717, 1.165) is 31.4 Å². The van der Waals surface area contributed by atoms with E-state index in [4.69, 9.17) is 5.11 Å². The Morgan fingerprint density at radius 2 is 2.00 bits per heavy atom. The van der Waals surface area contributed by atoms with Gasteiger partial charge in [-0.25, -0.2) is 4.79 Å². The normalized spacial score (nSPS) is 18.5. The van der Waals surface area contributed by atoms with Crippen molar-refractivity contribution in [3.05, 3.63) is 35.4 Å². The maximum atomic E-state index is 11.9. The number of piperidine rings is 1. The summed E-state index contributed by atoms with van der Waals surface area (Å²) in [5.74, 6) is -0.861. The summed E-state index contributed by atoms with van der Waals surface area (Å²) in [5.41, 5.74) is 1.30. The SMILES string of the molecule is O=C(O)c1ccc(CCNC(=O)C2CCCCN2)cc1. The third kappa shape index (κ3) is 4.06. The number of carboxylic acid groups (broad SMARTS) is 1. The van der Waals surface area contributed by atoms with Crippen molar-refractivity contribution in [2.24, 2.45) is 0 Å². The van der Waals surface area contributed by atoms with Crippen molar-refractivity contribution in [1.82, 2.24) is 10.6 Å². The zero-order chi connectivity index (χ0) is 14.4. The molecule has 1 atom stereocenters. The lowest BCUT2D eigenvalue weighted by Gasteiger charge is -2.22. The molecule has 0 radical (unpaired) electrons. The zero-order valence-corrected chi connectivity index (χ0v) is 11.4. The van der Waals surface area contributed by atoms with Gasteiger partial charge in [0.15, 0.2) is 0 Å². The van der Waals surface area contributed by atoms with Crippen molar-refractivity contribution in [3.63, 3.8) is 0 Å². The highest BCUT2D eigenvalue weighted by Crippen LogP contribution is 2.07. The van der Waals surface area contributed by atoms with E-state index >= 15 is 0 Å². The molecule has 3 N–H and O–H groups in total. The van der Waals surface area contributed by atoms with E-state index in [1.807, 2.05) is 0 Å². The molecule has 1 aromatic carbocycles. The third-order valence-corrected chi connectivity index (χ3v) is 3.54. The fourth-order valence-electron chi connectivity index (χ4n) is 2.34. The number of carboxylic acids is 1. The van der Waals surface area contributed by atoms with Crippen LogP contribution in [0, 0.1) is 0 Å². The van der Waals surface area contributed by atoms with Gasteiger partial charge in [-0.1, -0.05) is 18.6 Å². The Morgan fingerprint density at radius 1 is 1.25 bits per heavy atom. The van der Waals surface area contributed by atoms with Gasteiger partial charge in [0.1, 0.15) is 0 Å². The highest BCUT2D eigenvalue weighted by Gasteiger charge is 2.19. The molecule has 5 nitrogen and oxygen atoms in total. The number of hydrogen-bond acceptors (Lipinski definition) is 3. The van der Waals surface area contributed by atoms with Crippen LogP contribution in [0.25, 0.3) is 0 Å². The highest BCUT2D eigenvalue weighted by atomic mass is 16.4. The average Bonchev–Trinajstić information content (AvgIpc) is 2.48. The molecule has 5 heteroatoms. The van der Waals surface area contributed by atoms with E-state index in [1.54, 1.807) is 24.3 Å². The van der Waals surface area contributed by atoms with Crippen molar-refractivity contribution < 1.29 is 14.7 Å². The second-order valence-electron chi connectivity index (χ2n) is 5.05. The summed E-state index contributed by atoms with van der Waals surface area (Å²) in [6, 6.07) is 6.69. The van der Waals surface area contributed by atoms with E-state index < -0.39 is 5.97 Å². The summed E-state index contributed by atoms with van der Waals surface area (Å²) >= 11 is 0. The molecule has 1 saturated heterocycles. The van der Waals surface area contributed by atoms with Gasteiger partial charge in [-0.3, -0.25) is 4.79 Å². The van der Waals surface area contributed by atoms with Gasteiger partial charge in [-0.15, -0.1) is 0 Å². The first-order chi connectivity index (χ1) is 9.66. The molecule has 1 aromatic rings. The van der Waals surface area contributed by atoms with E-state index in [1.165, 1.54) is 0 Å². The first-order valence-electron chi connectivity index (χ1n) is 7.00. The van der Waals surface area contributed by atoms with Gasteiger partial charge >= 0.3 is 5.97 Å². The van der Waals surface area contributed by atoms with Crippen molar-refractivity contribution in [2.45, 2.75) is 31.7 Å². The molecule has 1 amide bonds. The number of amides is 1. The van der Waals surface area contributed by atoms with Crippen molar-refractivity contribution in [1.29, 1.82) is 0 Å². The number of benzene rings is 1. The molecular weight excluding hydrogens is 256 g/mol. The van der Waals surface area contributed by atoms with Gasteiger partial charge in [-0.05, 0) is 43.5 Å². The number of rotatable bonds is 5. The lowest BCUT2D eigenvalue weighted by molar-refractivity contribution is -0.123. The Morgan fingerprint density at radius 3 is 2.60 bits per heavy atom. The first kappa shape index (κ1) is 14.5. The third-order valence-electron chi connectivity index (χ3n) is 3.54. The smallest absolute Gasteiger partial charge is 0.335 e. The summed E-state index contributed by atoms with van der Waals surface area (Å²) in [5, 5.41) is 14.9. The average molecular weight is 276 g/mol. The zero-order valence-electron chi connectivity index (χ0n) is 11.4. The highest BCUT2D eigenvalue weighted by molar-refractivity contribution is 5.87. The fourth-order valence-corrected chi connectivity index (χ4v) is 2.34. The van der Waals surface area contributed by atoms with Crippen LogP contribution >= 0.6 is 0 Å². The van der Waals surface area contributed by atoms with Gasteiger partial charge < -0.3 is 15.7 Å². The molecule has 20 heavy (non-hydrogen) atoms. The second-order valence-corrected chi connectivity index (χ2v) is 5.05. The maximum absolute atomic E-state index is 11.9. The van der Waals surface area contributed by atoms with Gasteiger partial charge in [0, 0.05) is 6.54 Å². The standard InChI is InChI=1S/C15H20N2O3/c18-14(13-3-1-2-9-16-13)17-10-8-11-4-6-12(7-5-11)15(19)20/h4-7,13,16H,1-3,8-10H2,(H,17,18)(H,19,20). The molecule has 1 aliphatic rings. The van der Waals surface area contributed by atoms with Crippen LogP contribution in [0.15, 0.2) is 24.3 Å². The van der Waals surface area contributed by atoms with Crippen LogP contribution in [0.5, 0.6) is 0 Å². The molecule has 1 unspecified atom stereocenters. The summed E-state index contributed by atoms with van der Waals surface area (Å²) in [4.78, 5) is 22.6. The van der Waals surface area contributed by atoms with Crippen LogP contribution < -0.4 is 10.6 Å². The van der Waals surface area contributed by atoms with Crippen LogP contribution in [0.2, 0.25) is 0 Å². The second kappa shape index (κ2) is 7.05. The topological polar surface area (TPSA) is 78.4 Å². The molecule has 2 rings (SSSR count). The predicted octanol–water partition coefficient (Wildman–Crippen LogP) is 1.19. The van der Waals surface area contributed by atoms with Crippen LogP contribution in [0.1, 0.15) is 35.2 Å². The predicted molar refractivity (Wildman–Crippen MR) is 75.8 cm³/mol. The van der Waals surface area contributed by atoms with Crippen LogP contribution in [0.4, 0.5) is 0 Å². The summed E-state index contributed by atoms with van der Waals surface area (Å²) < 4.78 is 0. The van der Waals surface area contributed by atoms with E-state index in [9.17, 15) is 9.59 Å². The minimum absolute atomic E-state index is 0.0573. The Balaban J connectivity index is 1.74. The maximum Gasteiger partial charge on any atom is 0.335 e. The van der Waals surface area contributed by atoms with E-state index in [0.29, 0.717) is 13.0 Å². The molecule has 1 heterocycles. The van der Waals surface area contributed by atoms with Crippen LogP contribution in [-0.2, 0) is 11.2 Å². The number of aromatic carboxylic acids is 1. The minimum atomic E-state index is -0.923. The molecular formula is C15H20N2O3. The number of carbonyl (C=O) groups excluding carboxylic acids is 1. The number of nitrogens with one attached hydrogen (secondary N) is 2.